The van der Waals surface area contributed by atoms with Crippen LogP contribution in [0.4, 0.5) is 0 Å². The first kappa shape index (κ1) is 11.3. The third-order valence-electron chi connectivity index (χ3n) is 2.71. The Kier molecular flexibility index (Phi) is 3.36. The number of nitrogens with one attached hydrogen (secondary N) is 2. The van der Waals surface area contributed by atoms with E-state index in [0.717, 1.165) is 30.2 Å². The van der Waals surface area contributed by atoms with Crippen LogP contribution in [0.15, 0.2) is 5.51 Å². The third-order valence-corrected chi connectivity index (χ3v) is 3.65. The molecule has 4 nitrogen and oxygen atoms in total. The summed E-state index contributed by atoms with van der Waals surface area (Å²) < 4.78 is 0. The minimum atomic E-state index is 0.853. The fourth-order valence-corrected chi connectivity index (χ4v) is 2.38. The van der Waals surface area contributed by atoms with Gasteiger partial charge in [0.25, 0.3) is 0 Å². The van der Waals surface area contributed by atoms with Gasteiger partial charge in [0.15, 0.2) is 0 Å². The summed E-state index contributed by atoms with van der Waals surface area (Å²) in [6.07, 6.45) is 0. The number of H-pyrrole nitrogens is 1. The Morgan fingerprint density at radius 1 is 1.25 bits per heavy atom. The van der Waals surface area contributed by atoms with Crippen LogP contribution in [-0.4, -0.2) is 15.2 Å². The number of aryl methyl sites for hydroxylation is 3. The molecule has 0 aliphatic heterocycles. The van der Waals surface area contributed by atoms with Gasteiger partial charge in [0.2, 0.25) is 0 Å². The molecule has 2 rings (SSSR count). The highest BCUT2D eigenvalue weighted by Crippen LogP contribution is 2.13. The first-order chi connectivity index (χ1) is 7.68. The molecule has 0 unspecified atom stereocenters. The Morgan fingerprint density at radius 2 is 2.06 bits per heavy atom. The lowest BCUT2D eigenvalue weighted by molar-refractivity contribution is 0.692. The van der Waals surface area contributed by atoms with Gasteiger partial charge in [0, 0.05) is 29.2 Å². The summed E-state index contributed by atoms with van der Waals surface area (Å²) >= 11 is 1.70. The van der Waals surface area contributed by atoms with Crippen molar-refractivity contribution in [2.24, 2.45) is 0 Å². The molecule has 0 amide bonds. The van der Waals surface area contributed by atoms with Crippen LogP contribution >= 0.6 is 11.3 Å². The van der Waals surface area contributed by atoms with E-state index in [1.165, 1.54) is 10.4 Å². The quantitative estimate of drug-likeness (QED) is 0.854. The summed E-state index contributed by atoms with van der Waals surface area (Å²) in [7, 11) is 0. The minimum Gasteiger partial charge on any atom is -0.308 e. The predicted molar refractivity (Wildman–Crippen MR) is 65.5 cm³/mol. The summed E-state index contributed by atoms with van der Waals surface area (Å²) in [5.74, 6) is 0. The van der Waals surface area contributed by atoms with Gasteiger partial charge in [-0.15, -0.1) is 11.3 Å². The molecule has 5 heteroatoms. The molecule has 2 aromatic rings. The Morgan fingerprint density at radius 3 is 2.62 bits per heavy atom. The molecular weight excluding hydrogens is 220 g/mol. The number of nitrogens with zero attached hydrogens (tertiary/aromatic N) is 2. The topological polar surface area (TPSA) is 53.6 Å². The molecule has 0 bridgehead atoms. The molecular formula is C11H16N4S. The van der Waals surface area contributed by atoms with Gasteiger partial charge in [-0.25, -0.2) is 4.98 Å². The van der Waals surface area contributed by atoms with Crippen molar-refractivity contribution in [1.82, 2.24) is 20.5 Å². The zero-order valence-electron chi connectivity index (χ0n) is 9.79. The van der Waals surface area contributed by atoms with E-state index in [4.69, 9.17) is 0 Å². The normalized spacial score (nSPS) is 10.9. The smallest absolute Gasteiger partial charge is 0.0798 e. The van der Waals surface area contributed by atoms with E-state index in [2.05, 4.69) is 27.4 Å². The minimum absolute atomic E-state index is 0.853. The maximum atomic E-state index is 4.23. The monoisotopic (exact) mass is 236 g/mol. The number of aromatic nitrogens is 3. The molecule has 16 heavy (non-hydrogen) atoms. The van der Waals surface area contributed by atoms with Gasteiger partial charge >= 0.3 is 0 Å². The molecule has 0 saturated carbocycles. The van der Waals surface area contributed by atoms with Gasteiger partial charge in [0.05, 0.1) is 16.9 Å². The average molecular weight is 236 g/mol. The van der Waals surface area contributed by atoms with Crippen molar-refractivity contribution in [2.45, 2.75) is 33.9 Å². The first-order valence-electron chi connectivity index (χ1n) is 5.28. The lowest BCUT2D eigenvalue weighted by Crippen LogP contribution is -2.13. The standard InChI is InChI=1S/C11H16N4S/c1-7-10(8(2)15-14-7)4-12-5-11-9(3)13-6-16-11/h6,12H,4-5H2,1-3H3,(H,14,15). The molecule has 0 radical (unpaired) electrons. The van der Waals surface area contributed by atoms with Crippen LogP contribution in [0.1, 0.15) is 27.5 Å². The molecule has 0 fully saturated rings. The Hall–Kier alpha value is -1.20. The fourth-order valence-electron chi connectivity index (χ4n) is 1.63. The van der Waals surface area contributed by atoms with Crippen molar-refractivity contribution in [3.8, 4) is 0 Å². The number of thiazole rings is 1. The second kappa shape index (κ2) is 4.76. The second-order valence-electron chi connectivity index (χ2n) is 3.88. The van der Waals surface area contributed by atoms with Gasteiger partial charge in [-0.2, -0.15) is 5.10 Å². The van der Waals surface area contributed by atoms with Crippen molar-refractivity contribution in [3.05, 3.63) is 33.0 Å². The summed E-state index contributed by atoms with van der Waals surface area (Å²) in [6.45, 7) is 7.85. The van der Waals surface area contributed by atoms with E-state index < -0.39 is 0 Å². The Balaban J connectivity index is 1.92. The third kappa shape index (κ3) is 2.31. The Bertz CT molecular complexity index is 453. The number of hydrogen-bond donors (Lipinski definition) is 2. The van der Waals surface area contributed by atoms with Gasteiger partial charge in [-0.05, 0) is 20.8 Å². The molecule has 0 aromatic carbocycles. The molecule has 0 saturated heterocycles. The van der Waals surface area contributed by atoms with Crippen LogP contribution in [0.2, 0.25) is 0 Å². The van der Waals surface area contributed by atoms with Crippen LogP contribution in [0.25, 0.3) is 0 Å². The molecule has 0 spiro atoms. The zero-order chi connectivity index (χ0) is 11.5. The van der Waals surface area contributed by atoms with E-state index in [0.29, 0.717) is 0 Å². The molecule has 0 aliphatic rings. The lowest BCUT2D eigenvalue weighted by atomic mass is 10.2. The maximum Gasteiger partial charge on any atom is 0.0798 e. The molecule has 2 heterocycles. The van der Waals surface area contributed by atoms with Gasteiger partial charge in [0.1, 0.15) is 0 Å². The lowest BCUT2D eigenvalue weighted by Gasteiger charge is -2.03. The summed E-state index contributed by atoms with van der Waals surface area (Å²) in [4.78, 5) is 5.53. The molecule has 0 atom stereocenters. The van der Waals surface area contributed by atoms with E-state index in [-0.39, 0.29) is 0 Å². The van der Waals surface area contributed by atoms with Crippen LogP contribution in [0.3, 0.4) is 0 Å². The number of aromatic amines is 1. The van der Waals surface area contributed by atoms with E-state index in [1.807, 2.05) is 19.4 Å². The highest BCUT2D eigenvalue weighted by molar-refractivity contribution is 7.09. The molecule has 2 N–H and O–H groups in total. The van der Waals surface area contributed by atoms with E-state index in [9.17, 15) is 0 Å². The first-order valence-corrected chi connectivity index (χ1v) is 6.16. The van der Waals surface area contributed by atoms with Gasteiger partial charge in [-0.1, -0.05) is 0 Å². The fraction of sp³-hybridized carbons (Fsp3) is 0.455. The average Bonchev–Trinajstić information content (AvgIpc) is 2.79. The zero-order valence-corrected chi connectivity index (χ0v) is 10.6. The summed E-state index contributed by atoms with van der Waals surface area (Å²) in [5.41, 5.74) is 6.50. The number of hydrogen-bond acceptors (Lipinski definition) is 4. The van der Waals surface area contributed by atoms with Crippen LogP contribution < -0.4 is 5.32 Å². The van der Waals surface area contributed by atoms with Crippen LogP contribution in [-0.2, 0) is 13.1 Å². The van der Waals surface area contributed by atoms with Crippen LogP contribution in [0, 0.1) is 20.8 Å². The van der Waals surface area contributed by atoms with Gasteiger partial charge < -0.3 is 5.32 Å². The summed E-state index contributed by atoms with van der Waals surface area (Å²) in [5, 5.41) is 10.6. The predicted octanol–water partition coefficient (Wildman–Crippen LogP) is 2.08. The highest BCUT2D eigenvalue weighted by Gasteiger charge is 2.06. The molecule has 86 valence electrons. The van der Waals surface area contributed by atoms with Gasteiger partial charge in [-0.3, -0.25) is 5.10 Å². The highest BCUT2D eigenvalue weighted by atomic mass is 32.1. The molecule has 2 aromatic heterocycles. The van der Waals surface area contributed by atoms with E-state index in [1.54, 1.807) is 11.3 Å². The van der Waals surface area contributed by atoms with Crippen molar-refractivity contribution >= 4 is 11.3 Å². The van der Waals surface area contributed by atoms with Crippen molar-refractivity contribution in [3.63, 3.8) is 0 Å². The van der Waals surface area contributed by atoms with Crippen LogP contribution in [0.5, 0.6) is 0 Å². The summed E-state index contributed by atoms with van der Waals surface area (Å²) in [6, 6.07) is 0. The van der Waals surface area contributed by atoms with Crippen molar-refractivity contribution in [2.75, 3.05) is 0 Å². The van der Waals surface area contributed by atoms with E-state index >= 15 is 0 Å². The molecule has 0 aliphatic carbocycles. The van der Waals surface area contributed by atoms with Crippen molar-refractivity contribution < 1.29 is 0 Å². The SMILES string of the molecule is Cc1ncsc1CNCc1c(C)n[nH]c1C. The number of rotatable bonds is 4. The Labute approximate surface area is 99.1 Å². The maximum absolute atomic E-state index is 4.23. The largest absolute Gasteiger partial charge is 0.308 e. The van der Waals surface area contributed by atoms with Crippen molar-refractivity contribution in [1.29, 1.82) is 0 Å². The second-order valence-corrected chi connectivity index (χ2v) is 4.82.